The maximum absolute atomic E-state index is 9.21. The Hall–Kier alpha value is -0.160. The number of rotatable bonds is 0. The van der Waals surface area contributed by atoms with Crippen LogP contribution in [0.15, 0.2) is 0 Å². The fourth-order valence-corrected chi connectivity index (χ4v) is 1.26. The largest absolute Gasteiger partial charge is 0.388 e. The van der Waals surface area contributed by atoms with Crippen LogP contribution in [0.5, 0.6) is 0 Å². The van der Waals surface area contributed by atoms with Crippen molar-refractivity contribution >= 4 is 0 Å². The Morgan fingerprint density at radius 2 is 1.08 bits per heavy atom. The summed E-state index contributed by atoms with van der Waals surface area (Å²) in [6.45, 7) is 7.33. The zero-order valence-electron chi connectivity index (χ0n) is 8.64. The van der Waals surface area contributed by atoms with Gasteiger partial charge in [0.05, 0.1) is 12.2 Å². The summed E-state index contributed by atoms with van der Waals surface area (Å²) in [4.78, 5) is 0. The molecule has 4 nitrogen and oxygen atoms in total. The summed E-state index contributed by atoms with van der Waals surface area (Å²) >= 11 is 0. The highest BCUT2D eigenvalue weighted by molar-refractivity contribution is 4.88. The monoisotopic (exact) mass is 192 g/mol. The number of hydrogen-bond donors (Lipinski definition) is 3. The van der Waals surface area contributed by atoms with Gasteiger partial charge in [-0.2, -0.15) is 0 Å². The highest BCUT2D eigenvalue weighted by Crippen LogP contribution is 2.19. The molecule has 13 heavy (non-hydrogen) atoms. The van der Waals surface area contributed by atoms with E-state index in [1.54, 1.807) is 13.8 Å². The molecule has 1 heterocycles. The minimum atomic E-state index is -1.09. The van der Waals surface area contributed by atoms with Gasteiger partial charge in [0, 0.05) is 0 Å². The molecule has 0 aromatic heterocycles. The van der Waals surface area contributed by atoms with Crippen LogP contribution >= 0.6 is 0 Å². The Kier molecular flexibility index (Phi) is 5.48. The van der Waals surface area contributed by atoms with E-state index in [-0.39, 0.29) is 0 Å². The molecular formula is C9H20O4. The molecule has 0 radical (unpaired) electrons. The van der Waals surface area contributed by atoms with Gasteiger partial charge in [0.15, 0.2) is 0 Å². The Balaban J connectivity index is 0.000000671. The second-order valence-corrected chi connectivity index (χ2v) is 3.02. The van der Waals surface area contributed by atoms with Gasteiger partial charge in [0.1, 0.15) is 18.3 Å². The van der Waals surface area contributed by atoms with Gasteiger partial charge >= 0.3 is 0 Å². The van der Waals surface area contributed by atoms with E-state index in [2.05, 4.69) is 0 Å². The topological polar surface area (TPSA) is 69.9 Å². The van der Waals surface area contributed by atoms with Crippen molar-refractivity contribution in [2.75, 3.05) is 0 Å². The van der Waals surface area contributed by atoms with Crippen molar-refractivity contribution < 1.29 is 20.1 Å². The van der Waals surface area contributed by atoms with Gasteiger partial charge in [-0.1, -0.05) is 13.8 Å². The highest BCUT2D eigenvalue weighted by Gasteiger charge is 2.39. The van der Waals surface area contributed by atoms with Gasteiger partial charge in [0.2, 0.25) is 0 Å². The van der Waals surface area contributed by atoms with E-state index in [0.29, 0.717) is 0 Å². The summed E-state index contributed by atoms with van der Waals surface area (Å²) in [6.07, 6.45) is -3.89. The minimum absolute atomic E-state index is 0.414. The second-order valence-electron chi connectivity index (χ2n) is 3.02. The molecule has 1 aliphatic heterocycles. The maximum atomic E-state index is 9.21. The van der Waals surface area contributed by atoms with Crippen molar-refractivity contribution in [2.45, 2.75) is 58.2 Å². The number of hydrogen-bond acceptors (Lipinski definition) is 4. The van der Waals surface area contributed by atoms with Crippen LogP contribution in [0.1, 0.15) is 27.7 Å². The molecule has 0 aromatic rings. The zero-order valence-corrected chi connectivity index (χ0v) is 8.64. The Morgan fingerprint density at radius 1 is 0.769 bits per heavy atom. The van der Waals surface area contributed by atoms with Crippen LogP contribution in [-0.2, 0) is 4.74 Å². The van der Waals surface area contributed by atoms with Crippen LogP contribution in [0, 0.1) is 0 Å². The molecule has 3 N–H and O–H groups in total. The zero-order chi connectivity index (χ0) is 10.6. The Morgan fingerprint density at radius 3 is 1.38 bits per heavy atom. The highest BCUT2D eigenvalue weighted by atomic mass is 16.5. The number of ether oxygens (including phenoxy) is 1. The van der Waals surface area contributed by atoms with E-state index in [4.69, 9.17) is 4.74 Å². The molecule has 0 aromatic carbocycles. The van der Waals surface area contributed by atoms with Gasteiger partial charge in [0.25, 0.3) is 0 Å². The first-order valence-electron chi connectivity index (χ1n) is 4.73. The molecule has 1 rings (SSSR count). The van der Waals surface area contributed by atoms with E-state index in [9.17, 15) is 15.3 Å². The van der Waals surface area contributed by atoms with E-state index in [1.807, 2.05) is 13.8 Å². The van der Waals surface area contributed by atoms with Crippen LogP contribution in [0.2, 0.25) is 0 Å². The standard InChI is InChI=1S/C7H14O4.C2H6/c1-3-5(8)7(10)6(9)4(2)11-3;1-2/h3-10H,1-2H3;1-2H3/t3-,4+,5-,6-,7?;/m0./s1. The summed E-state index contributed by atoms with van der Waals surface area (Å²) in [5, 5.41) is 27.6. The lowest BCUT2D eigenvalue weighted by Gasteiger charge is -2.37. The first kappa shape index (κ1) is 12.8. The molecule has 1 aliphatic rings. The van der Waals surface area contributed by atoms with Crippen molar-refractivity contribution in [3.05, 3.63) is 0 Å². The van der Waals surface area contributed by atoms with Crippen LogP contribution < -0.4 is 0 Å². The van der Waals surface area contributed by atoms with Crippen LogP contribution in [-0.4, -0.2) is 45.8 Å². The van der Waals surface area contributed by atoms with E-state index in [0.717, 1.165) is 0 Å². The normalized spacial score (nSPS) is 45.0. The van der Waals surface area contributed by atoms with E-state index in [1.165, 1.54) is 0 Å². The molecule has 5 atom stereocenters. The third-order valence-electron chi connectivity index (χ3n) is 2.09. The summed E-state index contributed by atoms with van der Waals surface area (Å²) in [6, 6.07) is 0. The summed E-state index contributed by atoms with van der Waals surface area (Å²) in [5.41, 5.74) is 0. The molecule has 0 aliphatic carbocycles. The average molecular weight is 192 g/mol. The second kappa shape index (κ2) is 5.54. The molecule has 1 unspecified atom stereocenters. The molecule has 1 fully saturated rings. The summed E-state index contributed by atoms with van der Waals surface area (Å²) in [5.74, 6) is 0. The van der Waals surface area contributed by atoms with Gasteiger partial charge in [-0.05, 0) is 13.8 Å². The minimum Gasteiger partial charge on any atom is -0.388 e. The molecule has 0 bridgehead atoms. The van der Waals surface area contributed by atoms with Crippen molar-refractivity contribution in [3.63, 3.8) is 0 Å². The van der Waals surface area contributed by atoms with E-state index < -0.39 is 30.5 Å². The first-order chi connectivity index (χ1) is 6.04. The lowest BCUT2D eigenvalue weighted by molar-refractivity contribution is -0.211. The maximum Gasteiger partial charge on any atom is 0.111 e. The van der Waals surface area contributed by atoms with Crippen molar-refractivity contribution in [1.82, 2.24) is 0 Å². The Labute approximate surface area is 79.2 Å². The fraction of sp³-hybridized carbons (Fsp3) is 1.00. The van der Waals surface area contributed by atoms with Gasteiger partial charge < -0.3 is 20.1 Å². The molecule has 0 amide bonds. The first-order valence-corrected chi connectivity index (χ1v) is 4.73. The number of aliphatic hydroxyl groups excluding tert-OH is 3. The van der Waals surface area contributed by atoms with Crippen LogP contribution in [0.25, 0.3) is 0 Å². The molecule has 4 heteroatoms. The molecular weight excluding hydrogens is 172 g/mol. The molecule has 80 valence electrons. The summed E-state index contributed by atoms with van der Waals surface area (Å²) in [7, 11) is 0. The lowest BCUT2D eigenvalue weighted by atomic mass is 9.97. The van der Waals surface area contributed by atoms with Crippen molar-refractivity contribution in [3.8, 4) is 0 Å². The number of aliphatic hydroxyl groups is 3. The van der Waals surface area contributed by atoms with Gasteiger partial charge in [-0.3, -0.25) is 0 Å². The smallest absolute Gasteiger partial charge is 0.111 e. The lowest BCUT2D eigenvalue weighted by Crippen LogP contribution is -2.55. The molecule has 1 saturated heterocycles. The average Bonchev–Trinajstić information content (AvgIpc) is 2.15. The SMILES string of the molecule is CC.C[C@@H]1O[C@H](C)[C@H](O)C(O)[C@H]1O. The van der Waals surface area contributed by atoms with Gasteiger partial charge in [-0.25, -0.2) is 0 Å². The summed E-state index contributed by atoms with van der Waals surface area (Å²) < 4.78 is 5.12. The predicted molar refractivity (Wildman–Crippen MR) is 49.4 cm³/mol. The molecule has 0 saturated carbocycles. The third kappa shape index (κ3) is 2.91. The fourth-order valence-electron chi connectivity index (χ4n) is 1.26. The molecule has 0 spiro atoms. The predicted octanol–water partition coefficient (Wildman–Crippen LogP) is -0.0975. The van der Waals surface area contributed by atoms with Crippen molar-refractivity contribution in [1.29, 1.82) is 0 Å². The van der Waals surface area contributed by atoms with Crippen LogP contribution in [0.4, 0.5) is 0 Å². The van der Waals surface area contributed by atoms with Gasteiger partial charge in [-0.15, -0.1) is 0 Å². The third-order valence-corrected chi connectivity index (χ3v) is 2.09. The van der Waals surface area contributed by atoms with Crippen molar-refractivity contribution in [2.24, 2.45) is 0 Å². The van der Waals surface area contributed by atoms with E-state index >= 15 is 0 Å². The quantitative estimate of drug-likeness (QED) is 0.501. The Bertz CT molecular complexity index is 126. The van der Waals surface area contributed by atoms with Crippen LogP contribution in [0.3, 0.4) is 0 Å².